The third-order valence-corrected chi connectivity index (χ3v) is 5.12. The second-order valence-electron chi connectivity index (χ2n) is 6.25. The third-order valence-electron chi connectivity index (χ3n) is 4.37. The first-order valence-electron chi connectivity index (χ1n) is 8.51. The van der Waals surface area contributed by atoms with Gasteiger partial charge in [-0.05, 0) is 31.4 Å². The fourth-order valence-corrected chi connectivity index (χ4v) is 3.92. The minimum Gasteiger partial charge on any atom is -0.438 e. The summed E-state index contributed by atoms with van der Waals surface area (Å²) >= 11 is 1.24. The molecule has 2 aromatic heterocycles. The Balaban J connectivity index is 1.61. The highest BCUT2D eigenvalue weighted by Crippen LogP contribution is 2.33. The van der Waals surface area contributed by atoms with Crippen molar-refractivity contribution in [3.05, 3.63) is 41.2 Å². The van der Waals surface area contributed by atoms with Crippen molar-refractivity contribution in [3.8, 4) is 0 Å². The van der Waals surface area contributed by atoms with Gasteiger partial charge < -0.3 is 14.6 Å². The third kappa shape index (κ3) is 3.20. The van der Waals surface area contributed by atoms with Crippen LogP contribution in [0.25, 0.3) is 11.1 Å². The van der Waals surface area contributed by atoms with Crippen molar-refractivity contribution in [2.75, 3.05) is 11.9 Å². The lowest BCUT2D eigenvalue weighted by Gasteiger charge is -2.33. The van der Waals surface area contributed by atoms with Gasteiger partial charge in [-0.25, -0.2) is 9.97 Å². The number of piperidine rings is 1. The molecule has 1 saturated heterocycles. The van der Waals surface area contributed by atoms with Crippen LogP contribution in [0.4, 0.5) is 5.13 Å². The summed E-state index contributed by atoms with van der Waals surface area (Å²) in [5, 5.41) is 4.71. The van der Waals surface area contributed by atoms with Gasteiger partial charge in [0.1, 0.15) is 17.3 Å². The van der Waals surface area contributed by atoms with Crippen LogP contribution in [-0.2, 0) is 4.79 Å². The van der Waals surface area contributed by atoms with E-state index in [1.165, 1.54) is 18.3 Å². The van der Waals surface area contributed by atoms with Crippen molar-refractivity contribution in [3.63, 3.8) is 0 Å². The van der Waals surface area contributed by atoms with E-state index in [9.17, 15) is 9.59 Å². The largest absolute Gasteiger partial charge is 0.438 e. The van der Waals surface area contributed by atoms with Crippen molar-refractivity contribution < 1.29 is 14.0 Å². The van der Waals surface area contributed by atoms with E-state index in [0.29, 0.717) is 23.3 Å². The topological polar surface area (TPSA) is 88.3 Å². The standard InChI is InChI=1S/C18H18N4O3S/c1-11(23)19-18-21-13(10-26-18)17(24)22-9-5-4-7-14(22)16-20-12-6-2-3-8-15(12)25-16/h2-3,6,8,10,14H,4-5,7,9H2,1H3,(H,19,21,23). The molecular formula is C18H18N4O3S. The molecule has 0 saturated carbocycles. The summed E-state index contributed by atoms with van der Waals surface area (Å²) in [7, 11) is 0. The Hall–Kier alpha value is -2.74. The molecule has 0 radical (unpaired) electrons. The Labute approximate surface area is 154 Å². The lowest BCUT2D eigenvalue weighted by Crippen LogP contribution is -2.38. The number of nitrogens with zero attached hydrogens (tertiary/aromatic N) is 3. The number of fused-ring (bicyclic) bond motifs is 1. The highest BCUT2D eigenvalue weighted by Gasteiger charge is 2.33. The number of anilines is 1. The molecule has 2 amide bonds. The number of carbonyl (C=O) groups is 2. The van der Waals surface area contributed by atoms with E-state index in [1.807, 2.05) is 24.3 Å². The first kappa shape index (κ1) is 16.7. The Bertz CT molecular complexity index is 931. The number of aromatic nitrogens is 2. The van der Waals surface area contributed by atoms with Gasteiger partial charge >= 0.3 is 0 Å². The molecule has 4 rings (SSSR count). The quantitative estimate of drug-likeness (QED) is 0.761. The second-order valence-corrected chi connectivity index (χ2v) is 7.11. The zero-order valence-corrected chi connectivity index (χ0v) is 15.1. The van der Waals surface area contributed by atoms with E-state index < -0.39 is 0 Å². The van der Waals surface area contributed by atoms with Gasteiger partial charge in [-0.2, -0.15) is 0 Å². The van der Waals surface area contributed by atoms with Crippen LogP contribution < -0.4 is 5.32 Å². The molecule has 26 heavy (non-hydrogen) atoms. The molecule has 1 fully saturated rings. The monoisotopic (exact) mass is 370 g/mol. The normalized spacial score (nSPS) is 17.4. The minimum absolute atomic E-state index is 0.162. The Kier molecular flexibility index (Phi) is 4.42. The molecule has 1 aliphatic rings. The van der Waals surface area contributed by atoms with Gasteiger partial charge in [0.15, 0.2) is 10.7 Å². The van der Waals surface area contributed by atoms with Gasteiger partial charge in [0.25, 0.3) is 5.91 Å². The molecule has 1 aromatic carbocycles. The molecule has 1 atom stereocenters. The number of hydrogen-bond donors (Lipinski definition) is 1. The molecule has 8 heteroatoms. The lowest BCUT2D eigenvalue weighted by atomic mass is 10.0. The maximum Gasteiger partial charge on any atom is 0.274 e. The molecule has 3 heterocycles. The van der Waals surface area contributed by atoms with Crippen LogP contribution in [0.2, 0.25) is 0 Å². The number of carbonyl (C=O) groups excluding carboxylic acids is 2. The van der Waals surface area contributed by atoms with E-state index in [1.54, 1.807) is 10.3 Å². The zero-order valence-electron chi connectivity index (χ0n) is 14.3. The average Bonchev–Trinajstić information content (AvgIpc) is 3.27. The molecule has 1 N–H and O–H groups in total. The molecule has 1 aliphatic heterocycles. The summed E-state index contributed by atoms with van der Waals surface area (Å²) in [6, 6.07) is 7.39. The predicted molar refractivity (Wildman–Crippen MR) is 98.1 cm³/mol. The van der Waals surface area contributed by atoms with E-state index in [2.05, 4.69) is 15.3 Å². The van der Waals surface area contributed by atoms with Gasteiger partial charge in [-0.15, -0.1) is 11.3 Å². The molecule has 134 valence electrons. The molecule has 0 aliphatic carbocycles. The Morgan fingerprint density at radius 3 is 2.92 bits per heavy atom. The number of hydrogen-bond acceptors (Lipinski definition) is 6. The Morgan fingerprint density at radius 2 is 2.12 bits per heavy atom. The fourth-order valence-electron chi connectivity index (χ4n) is 3.19. The van der Waals surface area contributed by atoms with Crippen LogP contribution >= 0.6 is 11.3 Å². The van der Waals surface area contributed by atoms with Crippen LogP contribution in [-0.4, -0.2) is 33.2 Å². The minimum atomic E-state index is -0.208. The Morgan fingerprint density at radius 1 is 1.27 bits per heavy atom. The number of benzene rings is 1. The van der Waals surface area contributed by atoms with Gasteiger partial charge in [0, 0.05) is 18.8 Å². The maximum absolute atomic E-state index is 13.0. The van der Waals surface area contributed by atoms with E-state index >= 15 is 0 Å². The summed E-state index contributed by atoms with van der Waals surface area (Å²) in [5.41, 5.74) is 1.85. The molecule has 0 bridgehead atoms. The lowest BCUT2D eigenvalue weighted by molar-refractivity contribution is -0.114. The molecule has 7 nitrogen and oxygen atoms in total. The highest BCUT2D eigenvalue weighted by atomic mass is 32.1. The van der Waals surface area contributed by atoms with Crippen LogP contribution in [0.3, 0.4) is 0 Å². The molecule has 0 spiro atoms. The smallest absolute Gasteiger partial charge is 0.274 e. The summed E-state index contributed by atoms with van der Waals surface area (Å²) in [6.45, 7) is 2.05. The number of para-hydroxylation sites is 2. The van der Waals surface area contributed by atoms with Crippen molar-refractivity contribution in [2.24, 2.45) is 0 Å². The van der Waals surface area contributed by atoms with Gasteiger partial charge in [0.2, 0.25) is 11.8 Å². The first-order chi connectivity index (χ1) is 12.6. The van der Waals surface area contributed by atoms with Crippen LogP contribution in [0, 0.1) is 0 Å². The van der Waals surface area contributed by atoms with E-state index in [0.717, 1.165) is 30.4 Å². The fraction of sp³-hybridized carbons (Fsp3) is 0.333. The highest BCUT2D eigenvalue weighted by molar-refractivity contribution is 7.14. The number of likely N-dealkylation sites (tertiary alicyclic amines) is 1. The number of oxazole rings is 1. The predicted octanol–water partition coefficient (Wildman–Crippen LogP) is 3.61. The summed E-state index contributed by atoms with van der Waals surface area (Å²) < 4.78 is 5.90. The number of rotatable bonds is 3. The number of amides is 2. The maximum atomic E-state index is 13.0. The van der Waals surface area contributed by atoms with Crippen LogP contribution in [0.15, 0.2) is 34.1 Å². The van der Waals surface area contributed by atoms with Crippen LogP contribution in [0.1, 0.15) is 48.6 Å². The first-order valence-corrected chi connectivity index (χ1v) is 9.39. The van der Waals surface area contributed by atoms with Crippen molar-refractivity contribution >= 4 is 39.4 Å². The van der Waals surface area contributed by atoms with Gasteiger partial charge in [-0.1, -0.05) is 12.1 Å². The molecule has 3 aromatic rings. The zero-order chi connectivity index (χ0) is 18.1. The van der Waals surface area contributed by atoms with Crippen molar-refractivity contribution in [1.82, 2.24) is 14.9 Å². The van der Waals surface area contributed by atoms with Gasteiger partial charge in [-0.3, -0.25) is 9.59 Å². The number of nitrogens with one attached hydrogen (secondary N) is 1. The average molecular weight is 370 g/mol. The molecule has 1 unspecified atom stereocenters. The number of thiazole rings is 1. The summed E-state index contributed by atoms with van der Waals surface area (Å²) in [4.78, 5) is 34.7. The van der Waals surface area contributed by atoms with Crippen molar-refractivity contribution in [1.29, 1.82) is 0 Å². The summed E-state index contributed by atoms with van der Waals surface area (Å²) in [6.07, 6.45) is 2.76. The second kappa shape index (κ2) is 6.87. The summed E-state index contributed by atoms with van der Waals surface area (Å²) in [5.74, 6) is 0.196. The van der Waals surface area contributed by atoms with E-state index in [-0.39, 0.29) is 17.9 Å². The molecular weight excluding hydrogens is 352 g/mol. The SMILES string of the molecule is CC(=O)Nc1nc(C(=O)N2CCCCC2c2nc3ccccc3o2)cs1. The van der Waals surface area contributed by atoms with Crippen LogP contribution in [0.5, 0.6) is 0 Å². The van der Waals surface area contributed by atoms with Crippen molar-refractivity contribution in [2.45, 2.75) is 32.2 Å². The van der Waals surface area contributed by atoms with Gasteiger partial charge in [0.05, 0.1) is 0 Å². The van der Waals surface area contributed by atoms with E-state index in [4.69, 9.17) is 4.42 Å².